The number of benzene rings is 1. The molecule has 1 aromatic carbocycles. The highest BCUT2D eigenvalue weighted by Gasteiger charge is 2.25. The molecule has 0 radical (unpaired) electrons. The fourth-order valence-corrected chi connectivity index (χ4v) is 2.75. The topological polar surface area (TPSA) is 75.6 Å². The quantitative estimate of drug-likeness (QED) is 0.498. The number of nitro benzene ring substituents is 1. The number of rotatable bonds is 2. The van der Waals surface area contributed by atoms with Gasteiger partial charge in [-0.3, -0.25) is 10.1 Å². The molecule has 0 spiro atoms. The highest BCUT2D eigenvalue weighted by molar-refractivity contribution is 5.75. The number of aryl methyl sites for hydroxylation is 1. The van der Waals surface area contributed by atoms with Crippen molar-refractivity contribution in [3.05, 3.63) is 27.3 Å². The molecule has 1 aromatic rings. The van der Waals surface area contributed by atoms with Crippen LogP contribution in [0.2, 0.25) is 0 Å². The van der Waals surface area contributed by atoms with Gasteiger partial charge in [-0.15, -0.1) is 0 Å². The molecule has 0 aromatic heterocycles. The Hall–Kier alpha value is -1.82. The summed E-state index contributed by atoms with van der Waals surface area (Å²) in [5.74, 6) is 0. The molecule has 19 heavy (non-hydrogen) atoms. The Labute approximate surface area is 112 Å². The maximum absolute atomic E-state index is 11.1. The molecular formula is C13H20N4O2. The molecule has 0 unspecified atom stereocenters. The molecule has 2 N–H and O–H groups in total. The van der Waals surface area contributed by atoms with Crippen molar-refractivity contribution in [1.82, 2.24) is 4.90 Å². The number of piperazine rings is 1. The summed E-state index contributed by atoms with van der Waals surface area (Å²) in [5.41, 5.74) is 8.71. The number of hydrogen-bond acceptors (Lipinski definition) is 5. The summed E-state index contributed by atoms with van der Waals surface area (Å²) >= 11 is 0. The predicted octanol–water partition coefficient (Wildman–Crippen LogP) is 1.55. The van der Waals surface area contributed by atoms with Crippen LogP contribution in [0.3, 0.4) is 0 Å². The molecule has 1 aliphatic rings. The molecule has 104 valence electrons. The minimum Gasteiger partial charge on any atom is -0.393 e. The van der Waals surface area contributed by atoms with Crippen molar-refractivity contribution < 1.29 is 4.92 Å². The summed E-state index contributed by atoms with van der Waals surface area (Å²) in [6.07, 6.45) is 0. The number of hydrogen-bond donors (Lipinski definition) is 1. The Morgan fingerprint density at radius 3 is 2.37 bits per heavy atom. The second kappa shape index (κ2) is 5.05. The van der Waals surface area contributed by atoms with Crippen LogP contribution in [-0.4, -0.2) is 43.0 Å². The second-order valence-corrected chi connectivity index (χ2v) is 5.15. The zero-order chi connectivity index (χ0) is 14.2. The molecule has 6 heteroatoms. The fraction of sp³-hybridized carbons (Fsp3) is 0.538. The average Bonchev–Trinajstić information content (AvgIpc) is 2.30. The number of nitrogen functional groups attached to an aromatic ring is 1. The van der Waals surface area contributed by atoms with Crippen molar-refractivity contribution in [2.45, 2.75) is 13.8 Å². The van der Waals surface area contributed by atoms with Gasteiger partial charge in [-0.05, 0) is 32.5 Å². The summed E-state index contributed by atoms with van der Waals surface area (Å²) in [5, 5.41) is 11.1. The first kappa shape index (κ1) is 13.6. The lowest BCUT2D eigenvalue weighted by Gasteiger charge is -2.35. The van der Waals surface area contributed by atoms with Gasteiger partial charge in [0.05, 0.1) is 10.5 Å². The average molecular weight is 264 g/mol. The molecule has 0 bridgehead atoms. The normalized spacial score (nSPS) is 16.7. The Bertz CT molecular complexity index is 508. The van der Waals surface area contributed by atoms with Gasteiger partial charge in [-0.1, -0.05) is 0 Å². The minimum absolute atomic E-state index is 0.0412. The van der Waals surface area contributed by atoms with E-state index in [1.165, 1.54) is 0 Å². The first-order chi connectivity index (χ1) is 8.91. The zero-order valence-electron chi connectivity index (χ0n) is 11.6. The van der Waals surface area contributed by atoms with E-state index in [9.17, 15) is 10.1 Å². The Morgan fingerprint density at radius 2 is 1.84 bits per heavy atom. The number of anilines is 2. The maximum Gasteiger partial charge on any atom is 0.297 e. The van der Waals surface area contributed by atoms with Crippen molar-refractivity contribution in [2.24, 2.45) is 0 Å². The molecule has 6 nitrogen and oxygen atoms in total. The fourth-order valence-electron chi connectivity index (χ4n) is 2.75. The highest BCUT2D eigenvalue weighted by atomic mass is 16.6. The third-order valence-corrected chi connectivity index (χ3v) is 3.73. The van der Waals surface area contributed by atoms with Gasteiger partial charge in [0.1, 0.15) is 5.69 Å². The second-order valence-electron chi connectivity index (χ2n) is 5.15. The van der Waals surface area contributed by atoms with Gasteiger partial charge in [0.15, 0.2) is 0 Å². The van der Waals surface area contributed by atoms with Crippen molar-refractivity contribution >= 4 is 17.1 Å². The van der Waals surface area contributed by atoms with Crippen LogP contribution in [-0.2, 0) is 0 Å². The number of nitrogens with two attached hydrogens (primary N) is 1. The van der Waals surface area contributed by atoms with Gasteiger partial charge in [-0.25, -0.2) is 0 Å². The van der Waals surface area contributed by atoms with Gasteiger partial charge in [0.25, 0.3) is 5.69 Å². The van der Waals surface area contributed by atoms with E-state index in [2.05, 4.69) is 16.8 Å². The van der Waals surface area contributed by atoms with Crippen LogP contribution in [0.1, 0.15) is 11.1 Å². The summed E-state index contributed by atoms with van der Waals surface area (Å²) in [7, 11) is 2.09. The molecule has 1 aliphatic heterocycles. The van der Waals surface area contributed by atoms with E-state index in [4.69, 9.17) is 5.73 Å². The van der Waals surface area contributed by atoms with Gasteiger partial charge in [-0.2, -0.15) is 0 Å². The van der Waals surface area contributed by atoms with E-state index in [-0.39, 0.29) is 16.3 Å². The van der Waals surface area contributed by atoms with E-state index in [0.717, 1.165) is 37.4 Å². The predicted molar refractivity (Wildman–Crippen MR) is 76.7 cm³/mol. The van der Waals surface area contributed by atoms with Crippen molar-refractivity contribution in [3.63, 3.8) is 0 Å². The molecule has 0 atom stereocenters. The summed E-state index contributed by atoms with van der Waals surface area (Å²) < 4.78 is 0. The van der Waals surface area contributed by atoms with Crippen LogP contribution in [0.15, 0.2) is 6.07 Å². The van der Waals surface area contributed by atoms with E-state index in [0.29, 0.717) is 5.56 Å². The molecule has 0 saturated carbocycles. The first-order valence-electron chi connectivity index (χ1n) is 6.39. The van der Waals surface area contributed by atoms with Crippen molar-refractivity contribution in [1.29, 1.82) is 0 Å². The van der Waals surface area contributed by atoms with E-state index in [1.54, 1.807) is 13.0 Å². The first-order valence-corrected chi connectivity index (χ1v) is 6.39. The SMILES string of the molecule is Cc1cc(N)c([N+](=O)[O-])c(C)c1N1CCN(C)CC1. The van der Waals surface area contributed by atoms with E-state index in [1.807, 2.05) is 6.92 Å². The molecule has 1 heterocycles. The van der Waals surface area contributed by atoms with Gasteiger partial charge in [0, 0.05) is 31.9 Å². The molecule has 0 amide bonds. The largest absolute Gasteiger partial charge is 0.393 e. The summed E-state index contributed by atoms with van der Waals surface area (Å²) in [6.45, 7) is 7.46. The van der Waals surface area contributed by atoms with Crippen LogP contribution in [0, 0.1) is 24.0 Å². The minimum atomic E-state index is -0.385. The van der Waals surface area contributed by atoms with Crippen LogP contribution in [0.4, 0.5) is 17.1 Å². The lowest BCUT2D eigenvalue weighted by Crippen LogP contribution is -2.45. The Morgan fingerprint density at radius 1 is 1.26 bits per heavy atom. The standard InChI is InChI=1S/C13H20N4O2/c1-9-8-11(14)13(17(18)19)10(2)12(9)16-6-4-15(3)5-7-16/h8H,4-7,14H2,1-3H3. The Balaban J connectivity index is 2.45. The monoisotopic (exact) mass is 264 g/mol. The van der Waals surface area contributed by atoms with Gasteiger partial charge < -0.3 is 15.5 Å². The summed E-state index contributed by atoms with van der Waals surface area (Å²) in [4.78, 5) is 15.2. The number of nitrogens with zero attached hydrogens (tertiary/aromatic N) is 3. The number of likely N-dealkylation sites (N-methyl/N-ethyl adjacent to an activating group) is 1. The van der Waals surface area contributed by atoms with Crippen molar-refractivity contribution in [2.75, 3.05) is 43.9 Å². The van der Waals surface area contributed by atoms with Crippen LogP contribution >= 0.6 is 0 Å². The lowest BCUT2D eigenvalue weighted by molar-refractivity contribution is -0.384. The van der Waals surface area contributed by atoms with Gasteiger partial charge in [0.2, 0.25) is 0 Å². The highest BCUT2D eigenvalue weighted by Crippen LogP contribution is 2.36. The third kappa shape index (κ3) is 2.49. The van der Waals surface area contributed by atoms with Crippen LogP contribution < -0.4 is 10.6 Å². The molecule has 0 aliphatic carbocycles. The molecule has 2 rings (SSSR count). The summed E-state index contributed by atoms with van der Waals surface area (Å²) in [6, 6.07) is 1.71. The Kier molecular flexibility index (Phi) is 3.61. The number of nitro groups is 1. The molecular weight excluding hydrogens is 244 g/mol. The maximum atomic E-state index is 11.1. The smallest absolute Gasteiger partial charge is 0.297 e. The molecule has 1 saturated heterocycles. The van der Waals surface area contributed by atoms with Crippen LogP contribution in [0.25, 0.3) is 0 Å². The third-order valence-electron chi connectivity index (χ3n) is 3.73. The van der Waals surface area contributed by atoms with Crippen molar-refractivity contribution in [3.8, 4) is 0 Å². The zero-order valence-corrected chi connectivity index (χ0v) is 11.6. The van der Waals surface area contributed by atoms with Gasteiger partial charge >= 0.3 is 0 Å². The van der Waals surface area contributed by atoms with Crippen LogP contribution in [0.5, 0.6) is 0 Å². The van der Waals surface area contributed by atoms with E-state index < -0.39 is 0 Å². The lowest BCUT2D eigenvalue weighted by atomic mass is 10.0. The van der Waals surface area contributed by atoms with E-state index >= 15 is 0 Å². The molecule has 1 fully saturated rings.